The van der Waals surface area contributed by atoms with Gasteiger partial charge in [0.15, 0.2) is 0 Å². The van der Waals surface area contributed by atoms with Crippen LogP contribution in [0.1, 0.15) is 27.4 Å². The van der Waals surface area contributed by atoms with Crippen molar-refractivity contribution in [3.05, 3.63) is 57.0 Å². The molecule has 1 heterocycles. The van der Waals surface area contributed by atoms with Gasteiger partial charge >= 0.3 is 5.97 Å². The van der Waals surface area contributed by atoms with Crippen LogP contribution in [0, 0.1) is 6.92 Å². The Balaban J connectivity index is 1.84. The molecule has 0 aliphatic rings. The van der Waals surface area contributed by atoms with Gasteiger partial charge in [0.2, 0.25) is 5.76 Å². The molecule has 21 heavy (non-hydrogen) atoms. The summed E-state index contributed by atoms with van der Waals surface area (Å²) in [5, 5.41) is 13.4. The topological polar surface area (TPSA) is 62.5 Å². The average molecular weight is 328 g/mol. The molecule has 0 aliphatic carbocycles. The first kappa shape index (κ1) is 15.9. The fourth-order valence-corrected chi connectivity index (χ4v) is 2.51. The lowest BCUT2D eigenvalue weighted by molar-refractivity contribution is 0.0659. The second-order valence-electron chi connectivity index (χ2n) is 4.69. The van der Waals surface area contributed by atoms with E-state index in [1.54, 1.807) is 25.1 Å². The van der Waals surface area contributed by atoms with Gasteiger partial charge in [-0.3, -0.25) is 0 Å². The molecule has 0 aliphatic heterocycles. The van der Waals surface area contributed by atoms with Crippen LogP contribution < -0.4 is 5.32 Å². The van der Waals surface area contributed by atoms with Gasteiger partial charge in [0.05, 0.1) is 6.54 Å². The molecule has 4 nitrogen and oxygen atoms in total. The summed E-state index contributed by atoms with van der Waals surface area (Å²) in [5.41, 5.74) is 1.63. The lowest BCUT2D eigenvalue weighted by Gasteiger charge is -2.05. The van der Waals surface area contributed by atoms with Crippen molar-refractivity contribution >= 4 is 29.2 Å². The maximum absolute atomic E-state index is 10.9. The molecule has 6 heteroatoms. The largest absolute Gasteiger partial charge is 0.475 e. The highest BCUT2D eigenvalue weighted by Crippen LogP contribution is 2.21. The van der Waals surface area contributed by atoms with Crippen molar-refractivity contribution in [1.29, 1.82) is 0 Å². The number of carbonyl (C=O) groups is 1. The lowest BCUT2D eigenvalue weighted by atomic mass is 10.1. The predicted octanol–water partition coefficient (Wildman–Crippen LogP) is 3.93. The number of aromatic carboxylic acids is 1. The summed E-state index contributed by atoms with van der Waals surface area (Å²) in [4.78, 5) is 10.9. The van der Waals surface area contributed by atoms with Crippen molar-refractivity contribution in [2.45, 2.75) is 19.9 Å². The first-order valence-corrected chi connectivity index (χ1v) is 7.20. The first-order chi connectivity index (χ1) is 9.97. The van der Waals surface area contributed by atoms with E-state index in [1.165, 1.54) is 0 Å². The van der Waals surface area contributed by atoms with Gasteiger partial charge in [-0.1, -0.05) is 29.3 Å². The van der Waals surface area contributed by atoms with Crippen LogP contribution in [-0.2, 0) is 13.0 Å². The molecule has 0 unspecified atom stereocenters. The highest BCUT2D eigenvalue weighted by atomic mass is 35.5. The van der Waals surface area contributed by atoms with E-state index in [4.69, 9.17) is 32.7 Å². The Hall–Kier alpha value is -1.49. The van der Waals surface area contributed by atoms with Gasteiger partial charge in [0, 0.05) is 15.6 Å². The summed E-state index contributed by atoms with van der Waals surface area (Å²) in [6.45, 7) is 2.88. The molecule has 1 aromatic carbocycles. The number of rotatable bonds is 6. The Morgan fingerprint density at radius 3 is 2.71 bits per heavy atom. The Morgan fingerprint density at radius 2 is 2.10 bits per heavy atom. The molecule has 2 aromatic rings. The van der Waals surface area contributed by atoms with Crippen LogP contribution in [0.4, 0.5) is 0 Å². The zero-order chi connectivity index (χ0) is 15.4. The summed E-state index contributed by atoms with van der Waals surface area (Å²) >= 11 is 11.9. The average Bonchev–Trinajstić information content (AvgIpc) is 2.78. The Morgan fingerprint density at radius 1 is 1.33 bits per heavy atom. The smallest absolute Gasteiger partial charge is 0.372 e. The summed E-state index contributed by atoms with van der Waals surface area (Å²) in [6, 6.07) is 7.14. The van der Waals surface area contributed by atoms with Crippen LogP contribution in [0.5, 0.6) is 0 Å². The van der Waals surface area contributed by atoms with Crippen LogP contribution in [0.3, 0.4) is 0 Å². The molecular weight excluding hydrogens is 313 g/mol. The number of carboxylic acid groups (broad SMARTS) is 1. The molecule has 0 saturated carbocycles. The van der Waals surface area contributed by atoms with E-state index >= 15 is 0 Å². The number of furan rings is 1. The van der Waals surface area contributed by atoms with Crippen LogP contribution in [-0.4, -0.2) is 17.6 Å². The van der Waals surface area contributed by atoms with Crippen molar-refractivity contribution in [1.82, 2.24) is 5.32 Å². The van der Waals surface area contributed by atoms with Crippen molar-refractivity contribution < 1.29 is 14.3 Å². The normalized spacial score (nSPS) is 10.8. The van der Waals surface area contributed by atoms with E-state index in [-0.39, 0.29) is 5.76 Å². The van der Waals surface area contributed by atoms with Crippen LogP contribution in [0.15, 0.2) is 28.7 Å². The monoisotopic (exact) mass is 327 g/mol. The third kappa shape index (κ3) is 4.24. The predicted molar refractivity (Wildman–Crippen MR) is 82.3 cm³/mol. The molecule has 0 fully saturated rings. The molecule has 2 rings (SSSR count). The summed E-state index contributed by atoms with van der Waals surface area (Å²) in [5.74, 6) is -0.452. The quantitative estimate of drug-likeness (QED) is 0.789. The van der Waals surface area contributed by atoms with Gasteiger partial charge < -0.3 is 14.8 Å². The van der Waals surface area contributed by atoms with E-state index in [0.29, 0.717) is 34.5 Å². The van der Waals surface area contributed by atoms with Gasteiger partial charge in [0.1, 0.15) is 5.76 Å². The standard InChI is InChI=1S/C15H15Cl2NO3/c1-9-6-12(21-14(9)15(19)20)8-18-5-4-10-2-3-11(16)7-13(10)17/h2-3,6-7,18H,4-5,8H2,1H3,(H,19,20). The minimum Gasteiger partial charge on any atom is -0.475 e. The molecule has 1 aromatic heterocycles. The Labute approximate surface area is 132 Å². The van der Waals surface area contributed by atoms with E-state index in [2.05, 4.69) is 5.32 Å². The second kappa shape index (κ2) is 6.98. The van der Waals surface area contributed by atoms with Crippen LogP contribution in [0.2, 0.25) is 10.0 Å². The minimum atomic E-state index is -1.05. The number of carboxylic acids is 1. The minimum absolute atomic E-state index is 0.00690. The number of aryl methyl sites for hydroxylation is 1. The van der Waals surface area contributed by atoms with Crippen LogP contribution >= 0.6 is 23.2 Å². The second-order valence-corrected chi connectivity index (χ2v) is 5.54. The molecular formula is C15H15Cl2NO3. The van der Waals surface area contributed by atoms with Gasteiger partial charge in [-0.25, -0.2) is 4.79 Å². The number of hydrogen-bond donors (Lipinski definition) is 2. The number of hydrogen-bond acceptors (Lipinski definition) is 3. The summed E-state index contributed by atoms with van der Waals surface area (Å²) < 4.78 is 5.26. The molecule has 0 bridgehead atoms. The fourth-order valence-electron chi connectivity index (χ4n) is 2.01. The van der Waals surface area contributed by atoms with E-state index in [0.717, 1.165) is 12.0 Å². The number of nitrogens with one attached hydrogen (secondary N) is 1. The Bertz CT molecular complexity index is 652. The van der Waals surface area contributed by atoms with Crippen molar-refractivity contribution in [3.63, 3.8) is 0 Å². The molecule has 0 spiro atoms. The molecule has 0 atom stereocenters. The highest BCUT2D eigenvalue weighted by molar-refractivity contribution is 6.35. The van der Waals surface area contributed by atoms with Gasteiger partial charge in [-0.15, -0.1) is 0 Å². The fraction of sp³-hybridized carbons (Fsp3) is 0.267. The van der Waals surface area contributed by atoms with Gasteiger partial charge in [-0.05, 0) is 43.7 Å². The molecule has 0 radical (unpaired) electrons. The Kier molecular flexibility index (Phi) is 5.28. The summed E-state index contributed by atoms with van der Waals surface area (Å²) in [6.07, 6.45) is 0.751. The number of benzene rings is 1. The third-order valence-corrected chi connectivity index (χ3v) is 3.64. The molecule has 2 N–H and O–H groups in total. The zero-order valence-corrected chi connectivity index (χ0v) is 13.0. The SMILES string of the molecule is Cc1cc(CNCCc2ccc(Cl)cc2Cl)oc1C(=O)O. The lowest BCUT2D eigenvalue weighted by Crippen LogP contribution is -2.16. The molecule has 112 valence electrons. The van der Waals surface area contributed by atoms with Crippen molar-refractivity contribution in [2.24, 2.45) is 0 Å². The zero-order valence-electron chi connectivity index (χ0n) is 11.5. The van der Waals surface area contributed by atoms with E-state index < -0.39 is 5.97 Å². The molecule has 0 amide bonds. The number of halogens is 2. The summed E-state index contributed by atoms with van der Waals surface area (Å²) in [7, 11) is 0. The maximum Gasteiger partial charge on any atom is 0.372 e. The van der Waals surface area contributed by atoms with Crippen molar-refractivity contribution in [3.8, 4) is 0 Å². The third-order valence-electron chi connectivity index (χ3n) is 3.05. The van der Waals surface area contributed by atoms with Crippen LogP contribution in [0.25, 0.3) is 0 Å². The highest BCUT2D eigenvalue weighted by Gasteiger charge is 2.13. The maximum atomic E-state index is 10.9. The van der Waals surface area contributed by atoms with E-state index in [9.17, 15) is 4.79 Å². The van der Waals surface area contributed by atoms with Gasteiger partial charge in [-0.2, -0.15) is 0 Å². The van der Waals surface area contributed by atoms with Crippen molar-refractivity contribution in [2.75, 3.05) is 6.54 Å². The van der Waals surface area contributed by atoms with E-state index in [1.807, 2.05) is 6.07 Å². The van der Waals surface area contributed by atoms with Gasteiger partial charge in [0.25, 0.3) is 0 Å². The first-order valence-electron chi connectivity index (χ1n) is 6.44. The molecule has 0 saturated heterocycles.